The molecule has 80 valence electrons. The number of hydrogen-bond acceptors (Lipinski definition) is 2. The Morgan fingerprint density at radius 2 is 2.14 bits per heavy atom. The average Bonchev–Trinajstić information content (AvgIpc) is 2.16. The fourth-order valence-electron chi connectivity index (χ4n) is 1.18. The van der Waals surface area contributed by atoms with E-state index in [4.69, 9.17) is 0 Å². The van der Waals surface area contributed by atoms with E-state index in [-0.39, 0.29) is 4.92 Å². The second kappa shape index (κ2) is 8.48. The topological polar surface area (TPSA) is 43.1 Å². The van der Waals surface area contributed by atoms with Crippen molar-refractivity contribution < 1.29 is 4.92 Å². The van der Waals surface area contributed by atoms with E-state index in [0.29, 0.717) is 18.5 Å². The van der Waals surface area contributed by atoms with E-state index in [9.17, 15) is 10.1 Å². The van der Waals surface area contributed by atoms with Crippen LogP contribution < -0.4 is 0 Å². The summed E-state index contributed by atoms with van der Waals surface area (Å²) in [6, 6.07) is 0. The Labute approximate surface area is 85.7 Å². The number of hydrogen-bond donors (Lipinski definition) is 0. The second-order valence-electron chi connectivity index (χ2n) is 3.28. The van der Waals surface area contributed by atoms with Gasteiger partial charge in [0.05, 0.1) is 4.92 Å². The first-order chi connectivity index (χ1) is 6.72. The minimum atomic E-state index is -0.282. The van der Waals surface area contributed by atoms with E-state index in [2.05, 4.69) is 13.5 Å². The summed E-state index contributed by atoms with van der Waals surface area (Å²) >= 11 is 0. The van der Waals surface area contributed by atoms with E-state index in [1.165, 1.54) is 0 Å². The maximum absolute atomic E-state index is 10.6. The quantitative estimate of drug-likeness (QED) is 0.258. The second-order valence-corrected chi connectivity index (χ2v) is 3.28. The molecule has 0 unspecified atom stereocenters. The maximum atomic E-state index is 10.6. The number of rotatable bonds is 8. The molecule has 0 aromatic carbocycles. The van der Waals surface area contributed by atoms with Gasteiger partial charge in [0.25, 0.3) is 0 Å². The van der Waals surface area contributed by atoms with Gasteiger partial charge in [-0.15, -0.1) is 6.58 Å². The molecule has 0 amide bonds. The van der Waals surface area contributed by atoms with Crippen LogP contribution >= 0.6 is 0 Å². The van der Waals surface area contributed by atoms with Gasteiger partial charge in [-0.2, -0.15) is 0 Å². The monoisotopic (exact) mass is 197 g/mol. The molecule has 0 aliphatic carbocycles. The summed E-state index contributed by atoms with van der Waals surface area (Å²) < 4.78 is 0. The van der Waals surface area contributed by atoms with Crippen molar-refractivity contribution in [2.24, 2.45) is 0 Å². The van der Waals surface area contributed by atoms with Crippen LogP contribution in [0.4, 0.5) is 0 Å². The normalized spacial score (nSPS) is 11.4. The van der Waals surface area contributed by atoms with Crippen molar-refractivity contribution in [2.45, 2.75) is 45.4 Å². The van der Waals surface area contributed by atoms with Crippen LogP contribution in [-0.4, -0.2) is 4.92 Å². The van der Waals surface area contributed by atoms with Gasteiger partial charge in [0.1, 0.15) is 0 Å². The fraction of sp³-hybridized carbons (Fsp3) is 0.636. The molecule has 0 rings (SSSR count). The van der Waals surface area contributed by atoms with Crippen molar-refractivity contribution in [1.29, 1.82) is 0 Å². The van der Waals surface area contributed by atoms with E-state index >= 15 is 0 Å². The molecule has 0 heterocycles. The van der Waals surface area contributed by atoms with Crippen LogP contribution in [0.2, 0.25) is 0 Å². The van der Waals surface area contributed by atoms with Crippen LogP contribution in [0.25, 0.3) is 0 Å². The third-order valence-corrected chi connectivity index (χ3v) is 2.03. The molecule has 0 saturated heterocycles. The summed E-state index contributed by atoms with van der Waals surface area (Å²) in [5.74, 6) is 0. The summed E-state index contributed by atoms with van der Waals surface area (Å²) in [5, 5.41) is 10.6. The smallest absolute Gasteiger partial charge is 0.242 e. The van der Waals surface area contributed by atoms with Crippen molar-refractivity contribution in [3.63, 3.8) is 0 Å². The van der Waals surface area contributed by atoms with Gasteiger partial charge in [-0.05, 0) is 25.3 Å². The molecule has 0 aliphatic rings. The zero-order chi connectivity index (χ0) is 10.8. The zero-order valence-corrected chi connectivity index (χ0v) is 8.87. The summed E-state index contributed by atoms with van der Waals surface area (Å²) in [4.78, 5) is 10.3. The molecule has 0 fully saturated rings. The van der Waals surface area contributed by atoms with Crippen LogP contribution in [0.5, 0.6) is 0 Å². The molecule has 0 saturated carbocycles. The SMILES string of the molecule is C=CCC/C(=C\CCCCC)[N+](=O)[O-]. The lowest BCUT2D eigenvalue weighted by Gasteiger charge is -1.96. The van der Waals surface area contributed by atoms with Crippen molar-refractivity contribution >= 4 is 0 Å². The van der Waals surface area contributed by atoms with Crippen molar-refractivity contribution in [3.8, 4) is 0 Å². The first kappa shape index (κ1) is 12.9. The van der Waals surface area contributed by atoms with E-state index in [1.54, 1.807) is 12.2 Å². The van der Waals surface area contributed by atoms with Crippen LogP contribution in [0, 0.1) is 10.1 Å². The lowest BCUT2D eigenvalue weighted by atomic mass is 10.1. The largest absolute Gasteiger partial charge is 0.259 e. The Kier molecular flexibility index (Phi) is 7.80. The lowest BCUT2D eigenvalue weighted by Crippen LogP contribution is -1.98. The first-order valence-corrected chi connectivity index (χ1v) is 5.16. The molecular formula is C11H19NO2. The molecule has 0 N–H and O–H groups in total. The predicted octanol–water partition coefficient (Wildman–Crippen LogP) is 3.69. The van der Waals surface area contributed by atoms with E-state index < -0.39 is 0 Å². The van der Waals surface area contributed by atoms with Crippen LogP contribution in [0.1, 0.15) is 45.4 Å². The Morgan fingerprint density at radius 1 is 1.43 bits per heavy atom. The van der Waals surface area contributed by atoms with Gasteiger partial charge in [-0.25, -0.2) is 0 Å². The summed E-state index contributed by atoms with van der Waals surface area (Å²) in [5.41, 5.74) is 0.334. The predicted molar refractivity (Wildman–Crippen MR) is 58.7 cm³/mol. The minimum absolute atomic E-state index is 0.282. The summed E-state index contributed by atoms with van der Waals surface area (Å²) in [6.45, 7) is 5.67. The number of allylic oxidation sites excluding steroid dienone is 3. The molecule has 0 aromatic rings. The minimum Gasteiger partial charge on any atom is -0.259 e. The molecule has 0 atom stereocenters. The third kappa shape index (κ3) is 6.40. The molecule has 0 spiro atoms. The molecule has 3 nitrogen and oxygen atoms in total. The van der Waals surface area contributed by atoms with Crippen molar-refractivity contribution in [3.05, 3.63) is 34.5 Å². The number of unbranched alkanes of at least 4 members (excludes halogenated alkanes) is 3. The Morgan fingerprint density at radius 3 is 2.64 bits per heavy atom. The van der Waals surface area contributed by atoms with Crippen LogP contribution in [-0.2, 0) is 0 Å². The van der Waals surface area contributed by atoms with E-state index in [0.717, 1.165) is 25.7 Å². The average molecular weight is 197 g/mol. The lowest BCUT2D eigenvalue weighted by molar-refractivity contribution is -0.428. The van der Waals surface area contributed by atoms with Gasteiger partial charge < -0.3 is 0 Å². The van der Waals surface area contributed by atoms with Gasteiger partial charge in [0, 0.05) is 6.42 Å². The van der Waals surface area contributed by atoms with Gasteiger partial charge in [0.2, 0.25) is 5.70 Å². The van der Waals surface area contributed by atoms with Gasteiger partial charge >= 0.3 is 0 Å². The summed E-state index contributed by atoms with van der Waals surface area (Å²) in [7, 11) is 0. The molecule has 3 heteroatoms. The Bertz CT molecular complexity index is 209. The number of nitro groups is 1. The Hall–Kier alpha value is -1.12. The molecule has 0 aliphatic heterocycles. The van der Waals surface area contributed by atoms with Crippen LogP contribution in [0.15, 0.2) is 24.4 Å². The molecule has 0 bridgehead atoms. The first-order valence-electron chi connectivity index (χ1n) is 5.16. The maximum Gasteiger partial charge on any atom is 0.242 e. The highest BCUT2D eigenvalue weighted by atomic mass is 16.6. The standard InChI is InChI=1S/C11H19NO2/c1-3-5-7-8-10-11(12(13)14)9-6-4-2/h4,10H,2-3,5-9H2,1H3/b11-10+. The van der Waals surface area contributed by atoms with Crippen molar-refractivity contribution in [1.82, 2.24) is 0 Å². The highest BCUT2D eigenvalue weighted by Crippen LogP contribution is 2.09. The molecule has 14 heavy (non-hydrogen) atoms. The van der Waals surface area contributed by atoms with Gasteiger partial charge in [-0.1, -0.05) is 25.8 Å². The highest BCUT2D eigenvalue weighted by molar-refractivity contribution is 4.93. The molecule has 0 radical (unpaired) electrons. The Balaban J connectivity index is 3.92. The summed E-state index contributed by atoms with van der Waals surface area (Å²) in [6.07, 6.45) is 8.80. The molecule has 0 aromatic heterocycles. The number of nitrogens with zero attached hydrogens (tertiary/aromatic N) is 1. The van der Waals surface area contributed by atoms with E-state index in [1.807, 2.05) is 0 Å². The third-order valence-electron chi connectivity index (χ3n) is 2.03. The van der Waals surface area contributed by atoms with Crippen LogP contribution in [0.3, 0.4) is 0 Å². The fourth-order valence-corrected chi connectivity index (χ4v) is 1.18. The van der Waals surface area contributed by atoms with Crippen molar-refractivity contribution in [2.75, 3.05) is 0 Å². The van der Waals surface area contributed by atoms with Gasteiger partial charge in [-0.3, -0.25) is 10.1 Å². The molecular weight excluding hydrogens is 178 g/mol. The zero-order valence-electron chi connectivity index (χ0n) is 8.87. The highest BCUT2D eigenvalue weighted by Gasteiger charge is 2.07. The van der Waals surface area contributed by atoms with Gasteiger partial charge in [0.15, 0.2) is 0 Å².